The molecule has 1 heterocycles. The van der Waals surface area contributed by atoms with Gasteiger partial charge in [-0.2, -0.15) is 5.10 Å². The maximum absolute atomic E-state index is 13.2. The largest absolute Gasteiger partial charge is 0.320 e. The molecular formula is C13H13FN4S. The molecule has 0 aliphatic carbocycles. The summed E-state index contributed by atoms with van der Waals surface area (Å²) in [6.07, 6.45) is 1.50. The smallest absolute Gasteiger partial charge is 0.186 e. The highest BCUT2D eigenvalue weighted by molar-refractivity contribution is 7.98. The molecule has 0 unspecified atom stereocenters. The van der Waals surface area contributed by atoms with Crippen molar-refractivity contribution in [2.75, 3.05) is 6.54 Å². The molecule has 0 atom stereocenters. The summed E-state index contributed by atoms with van der Waals surface area (Å²) in [4.78, 5) is 4.12. The second kappa shape index (κ2) is 6.36. The van der Waals surface area contributed by atoms with Gasteiger partial charge in [0.05, 0.1) is 6.54 Å². The SMILES string of the molecule is Cn1ncnc1SCc1ccc(F)cc1C#CCN. The first kappa shape index (κ1) is 13.6. The molecule has 0 aliphatic rings. The Morgan fingerprint density at radius 2 is 2.32 bits per heavy atom. The molecule has 0 fully saturated rings. The van der Waals surface area contributed by atoms with Gasteiger partial charge in [0.1, 0.15) is 12.1 Å². The number of rotatable bonds is 3. The lowest BCUT2D eigenvalue weighted by molar-refractivity contribution is 0.627. The van der Waals surface area contributed by atoms with Gasteiger partial charge in [-0.3, -0.25) is 0 Å². The lowest BCUT2D eigenvalue weighted by atomic mass is 10.1. The van der Waals surface area contributed by atoms with Crippen molar-refractivity contribution in [1.29, 1.82) is 0 Å². The molecule has 2 rings (SSSR count). The van der Waals surface area contributed by atoms with Gasteiger partial charge in [-0.1, -0.05) is 29.7 Å². The van der Waals surface area contributed by atoms with E-state index in [1.165, 1.54) is 30.2 Å². The van der Waals surface area contributed by atoms with Gasteiger partial charge in [-0.05, 0) is 17.7 Å². The summed E-state index contributed by atoms with van der Waals surface area (Å²) in [5.74, 6) is 5.99. The van der Waals surface area contributed by atoms with Gasteiger partial charge in [0.25, 0.3) is 0 Å². The van der Waals surface area contributed by atoms with Crippen LogP contribution in [0.4, 0.5) is 4.39 Å². The number of hydrogen-bond donors (Lipinski definition) is 1. The topological polar surface area (TPSA) is 56.7 Å². The summed E-state index contributed by atoms with van der Waals surface area (Å²) in [5.41, 5.74) is 6.96. The zero-order chi connectivity index (χ0) is 13.7. The Balaban J connectivity index is 2.17. The number of hydrogen-bond acceptors (Lipinski definition) is 4. The number of aromatic nitrogens is 3. The van der Waals surface area contributed by atoms with Crippen LogP contribution in [0.1, 0.15) is 11.1 Å². The van der Waals surface area contributed by atoms with Gasteiger partial charge in [0, 0.05) is 18.4 Å². The van der Waals surface area contributed by atoms with E-state index in [0.717, 1.165) is 10.7 Å². The Kier molecular flexibility index (Phi) is 4.55. The molecule has 6 heteroatoms. The standard InChI is InChI=1S/C13H13FN4S/c1-18-13(16-9-17-18)19-8-11-4-5-12(14)7-10(11)3-2-6-15/h4-5,7,9H,6,8,15H2,1H3. The summed E-state index contributed by atoms with van der Waals surface area (Å²) in [7, 11) is 1.83. The van der Waals surface area contributed by atoms with E-state index in [4.69, 9.17) is 5.73 Å². The molecule has 0 bridgehead atoms. The van der Waals surface area contributed by atoms with Crippen molar-refractivity contribution < 1.29 is 4.39 Å². The molecule has 19 heavy (non-hydrogen) atoms. The Morgan fingerprint density at radius 1 is 1.47 bits per heavy atom. The summed E-state index contributed by atoms with van der Waals surface area (Å²) in [5, 5.41) is 4.80. The minimum atomic E-state index is -0.297. The van der Waals surface area contributed by atoms with Crippen LogP contribution in [0, 0.1) is 17.7 Å². The molecule has 0 radical (unpaired) electrons. The van der Waals surface area contributed by atoms with Crippen LogP contribution in [0.2, 0.25) is 0 Å². The number of thioether (sulfide) groups is 1. The summed E-state index contributed by atoms with van der Waals surface area (Å²) < 4.78 is 14.9. The predicted molar refractivity (Wildman–Crippen MR) is 72.9 cm³/mol. The normalized spacial score (nSPS) is 10.1. The van der Waals surface area contributed by atoms with Gasteiger partial charge < -0.3 is 5.73 Å². The lowest BCUT2D eigenvalue weighted by Gasteiger charge is -2.04. The molecule has 1 aromatic heterocycles. The monoisotopic (exact) mass is 276 g/mol. The van der Waals surface area contributed by atoms with Gasteiger partial charge in [0.15, 0.2) is 5.16 Å². The van der Waals surface area contributed by atoms with Crippen LogP contribution in [0.25, 0.3) is 0 Å². The van der Waals surface area contributed by atoms with Crippen molar-refractivity contribution in [3.63, 3.8) is 0 Å². The fourth-order valence-corrected chi connectivity index (χ4v) is 2.39. The summed E-state index contributed by atoms with van der Waals surface area (Å²) in [6.45, 7) is 0.256. The van der Waals surface area contributed by atoms with E-state index in [9.17, 15) is 4.39 Å². The van der Waals surface area contributed by atoms with Crippen molar-refractivity contribution >= 4 is 11.8 Å². The second-order valence-electron chi connectivity index (χ2n) is 3.76. The first-order valence-corrected chi connectivity index (χ1v) is 6.63. The summed E-state index contributed by atoms with van der Waals surface area (Å²) in [6, 6.07) is 4.59. The number of aryl methyl sites for hydroxylation is 1. The van der Waals surface area contributed by atoms with E-state index in [1.54, 1.807) is 10.7 Å². The van der Waals surface area contributed by atoms with Crippen LogP contribution in [0.15, 0.2) is 29.7 Å². The maximum atomic E-state index is 13.2. The van der Waals surface area contributed by atoms with Crippen LogP contribution in [-0.4, -0.2) is 21.3 Å². The molecule has 0 aliphatic heterocycles. The van der Waals surface area contributed by atoms with Gasteiger partial charge >= 0.3 is 0 Å². The van der Waals surface area contributed by atoms with Crippen molar-refractivity contribution in [2.45, 2.75) is 10.9 Å². The van der Waals surface area contributed by atoms with Crippen LogP contribution in [-0.2, 0) is 12.8 Å². The number of nitrogens with two attached hydrogens (primary N) is 1. The van der Waals surface area contributed by atoms with Crippen LogP contribution < -0.4 is 5.73 Å². The molecule has 0 saturated carbocycles. The number of halogens is 1. The van der Waals surface area contributed by atoms with Crippen molar-refractivity contribution in [3.8, 4) is 11.8 Å². The average molecular weight is 276 g/mol. The first-order valence-electron chi connectivity index (χ1n) is 5.65. The Hall–Kier alpha value is -1.84. The lowest BCUT2D eigenvalue weighted by Crippen LogP contribution is -1.96. The van der Waals surface area contributed by atoms with E-state index in [2.05, 4.69) is 21.9 Å². The minimum Gasteiger partial charge on any atom is -0.320 e. The molecule has 0 amide bonds. The highest BCUT2D eigenvalue weighted by atomic mass is 32.2. The number of benzene rings is 1. The fraction of sp³-hybridized carbons (Fsp3) is 0.231. The van der Waals surface area contributed by atoms with E-state index in [1.807, 2.05) is 7.05 Å². The van der Waals surface area contributed by atoms with Crippen LogP contribution in [0.3, 0.4) is 0 Å². The Labute approximate surface area is 115 Å². The zero-order valence-electron chi connectivity index (χ0n) is 10.4. The first-order chi connectivity index (χ1) is 9.20. The third-order valence-corrected chi connectivity index (χ3v) is 3.51. The van der Waals surface area contributed by atoms with Crippen molar-refractivity contribution in [3.05, 3.63) is 41.5 Å². The molecular weight excluding hydrogens is 263 g/mol. The highest BCUT2D eigenvalue weighted by Crippen LogP contribution is 2.22. The number of nitrogens with zero attached hydrogens (tertiary/aromatic N) is 3. The molecule has 0 saturated heterocycles. The predicted octanol–water partition coefficient (Wildman–Crippen LogP) is 1.56. The zero-order valence-corrected chi connectivity index (χ0v) is 11.2. The van der Waals surface area contributed by atoms with Gasteiger partial charge in [-0.25, -0.2) is 14.1 Å². The molecule has 98 valence electrons. The molecule has 0 spiro atoms. The minimum absolute atomic E-state index is 0.256. The fourth-order valence-electron chi connectivity index (χ4n) is 1.50. The van der Waals surface area contributed by atoms with Crippen LogP contribution in [0.5, 0.6) is 0 Å². The maximum Gasteiger partial charge on any atom is 0.186 e. The molecule has 2 N–H and O–H groups in total. The molecule has 4 nitrogen and oxygen atoms in total. The Morgan fingerprint density at radius 3 is 3.00 bits per heavy atom. The van der Waals surface area contributed by atoms with Crippen LogP contribution >= 0.6 is 11.8 Å². The second-order valence-corrected chi connectivity index (χ2v) is 4.70. The van der Waals surface area contributed by atoms with Gasteiger partial charge in [0.2, 0.25) is 0 Å². The van der Waals surface area contributed by atoms with E-state index in [0.29, 0.717) is 11.3 Å². The molecule has 2 aromatic rings. The van der Waals surface area contributed by atoms with Crippen molar-refractivity contribution in [2.24, 2.45) is 12.8 Å². The highest BCUT2D eigenvalue weighted by Gasteiger charge is 2.06. The molecule has 1 aromatic carbocycles. The van der Waals surface area contributed by atoms with E-state index < -0.39 is 0 Å². The Bertz CT molecular complexity index is 627. The van der Waals surface area contributed by atoms with Gasteiger partial charge in [-0.15, -0.1) is 0 Å². The van der Waals surface area contributed by atoms with Crippen molar-refractivity contribution in [1.82, 2.24) is 14.8 Å². The average Bonchev–Trinajstić information content (AvgIpc) is 2.81. The van der Waals surface area contributed by atoms with E-state index >= 15 is 0 Å². The summed E-state index contributed by atoms with van der Waals surface area (Å²) >= 11 is 1.53. The third-order valence-electron chi connectivity index (χ3n) is 2.42. The van der Waals surface area contributed by atoms with E-state index in [-0.39, 0.29) is 12.4 Å². The quantitative estimate of drug-likeness (QED) is 0.683. The third kappa shape index (κ3) is 3.56.